The maximum absolute atomic E-state index is 5.56. The molecule has 3 N–H and O–H groups in total. The van der Waals surface area contributed by atoms with Gasteiger partial charge in [0.2, 0.25) is 0 Å². The minimum absolute atomic E-state index is 0.736. The molecule has 0 amide bonds. The normalized spacial score (nSPS) is 11.1. The summed E-state index contributed by atoms with van der Waals surface area (Å²) in [5, 5.41) is 0. The van der Waals surface area contributed by atoms with Crippen molar-refractivity contribution >= 4 is 11.0 Å². The Labute approximate surface area is 118 Å². The second-order valence-electron chi connectivity index (χ2n) is 5.09. The standard InChI is InChI=1S/C17H19N3/c18-10-4-7-14-8-9-15-16(11-14)20-17(19-15)12-13-5-2-1-3-6-13/h1-3,5-6,8-9,11H,4,7,10,12,18H2,(H,19,20). The maximum Gasteiger partial charge on any atom is 0.111 e. The van der Waals surface area contributed by atoms with Gasteiger partial charge in [0.1, 0.15) is 5.82 Å². The first kappa shape index (κ1) is 12.9. The zero-order chi connectivity index (χ0) is 13.8. The Hall–Kier alpha value is -2.13. The molecule has 0 saturated heterocycles. The van der Waals surface area contributed by atoms with Crippen molar-refractivity contribution in [3.8, 4) is 0 Å². The summed E-state index contributed by atoms with van der Waals surface area (Å²) in [6.07, 6.45) is 2.89. The van der Waals surface area contributed by atoms with Crippen LogP contribution in [0.15, 0.2) is 48.5 Å². The van der Waals surface area contributed by atoms with Crippen LogP contribution in [-0.2, 0) is 12.8 Å². The quantitative estimate of drug-likeness (QED) is 0.745. The third-order valence-electron chi connectivity index (χ3n) is 3.48. The van der Waals surface area contributed by atoms with Crippen LogP contribution >= 0.6 is 0 Å². The molecule has 3 nitrogen and oxygen atoms in total. The summed E-state index contributed by atoms with van der Waals surface area (Å²) in [4.78, 5) is 8.07. The molecule has 3 aromatic rings. The van der Waals surface area contributed by atoms with Crippen molar-refractivity contribution < 1.29 is 0 Å². The number of aromatic nitrogens is 2. The molecule has 3 rings (SSSR count). The van der Waals surface area contributed by atoms with Gasteiger partial charge in [-0.3, -0.25) is 0 Å². The van der Waals surface area contributed by atoms with Crippen LogP contribution in [0.25, 0.3) is 11.0 Å². The molecule has 0 atom stereocenters. The Morgan fingerprint density at radius 3 is 2.65 bits per heavy atom. The van der Waals surface area contributed by atoms with Crippen LogP contribution < -0.4 is 5.73 Å². The second-order valence-corrected chi connectivity index (χ2v) is 5.09. The molecule has 0 bridgehead atoms. The summed E-state index contributed by atoms with van der Waals surface area (Å²) in [5.41, 5.74) is 10.3. The molecular formula is C17H19N3. The Bertz CT molecular complexity index is 686. The summed E-state index contributed by atoms with van der Waals surface area (Å²) in [5.74, 6) is 1.02. The maximum atomic E-state index is 5.56. The molecule has 0 unspecified atom stereocenters. The lowest BCUT2D eigenvalue weighted by Crippen LogP contribution is -2.00. The third-order valence-corrected chi connectivity index (χ3v) is 3.48. The van der Waals surface area contributed by atoms with Crippen molar-refractivity contribution in [2.24, 2.45) is 5.73 Å². The van der Waals surface area contributed by atoms with E-state index >= 15 is 0 Å². The van der Waals surface area contributed by atoms with Crippen LogP contribution in [0.5, 0.6) is 0 Å². The average molecular weight is 265 g/mol. The molecule has 3 heteroatoms. The van der Waals surface area contributed by atoms with Crippen molar-refractivity contribution in [2.75, 3.05) is 6.54 Å². The fourth-order valence-electron chi connectivity index (χ4n) is 2.44. The van der Waals surface area contributed by atoms with E-state index in [1.54, 1.807) is 0 Å². The number of nitrogens with zero attached hydrogens (tertiary/aromatic N) is 1. The lowest BCUT2D eigenvalue weighted by atomic mass is 10.1. The number of hydrogen-bond acceptors (Lipinski definition) is 2. The van der Waals surface area contributed by atoms with E-state index in [9.17, 15) is 0 Å². The number of nitrogens with one attached hydrogen (secondary N) is 1. The minimum atomic E-state index is 0.736. The van der Waals surface area contributed by atoms with Gasteiger partial charge >= 0.3 is 0 Å². The largest absolute Gasteiger partial charge is 0.342 e. The van der Waals surface area contributed by atoms with E-state index in [-0.39, 0.29) is 0 Å². The number of benzene rings is 2. The van der Waals surface area contributed by atoms with Crippen molar-refractivity contribution in [2.45, 2.75) is 19.3 Å². The molecule has 20 heavy (non-hydrogen) atoms. The summed E-state index contributed by atoms with van der Waals surface area (Å²) in [7, 11) is 0. The zero-order valence-electron chi connectivity index (χ0n) is 11.5. The van der Waals surface area contributed by atoms with E-state index in [0.717, 1.165) is 42.7 Å². The van der Waals surface area contributed by atoms with Gasteiger partial charge in [0.05, 0.1) is 11.0 Å². The van der Waals surface area contributed by atoms with Gasteiger partial charge in [-0.2, -0.15) is 0 Å². The number of imidazole rings is 1. The smallest absolute Gasteiger partial charge is 0.111 e. The molecule has 0 aliphatic carbocycles. The molecule has 0 fully saturated rings. The summed E-state index contributed by atoms with van der Waals surface area (Å²) in [6, 6.07) is 16.8. The Kier molecular flexibility index (Phi) is 3.79. The van der Waals surface area contributed by atoms with Gasteiger partial charge in [-0.15, -0.1) is 0 Å². The first-order valence-electron chi connectivity index (χ1n) is 7.06. The van der Waals surface area contributed by atoms with Crippen LogP contribution in [-0.4, -0.2) is 16.5 Å². The van der Waals surface area contributed by atoms with Crippen molar-refractivity contribution in [1.82, 2.24) is 9.97 Å². The van der Waals surface area contributed by atoms with Crippen LogP contribution in [0.3, 0.4) is 0 Å². The van der Waals surface area contributed by atoms with E-state index in [2.05, 4.69) is 52.4 Å². The fraction of sp³-hybridized carbons (Fsp3) is 0.235. The van der Waals surface area contributed by atoms with Gasteiger partial charge in [-0.05, 0) is 42.6 Å². The molecule has 102 valence electrons. The van der Waals surface area contributed by atoms with Gasteiger partial charge in [0.25, 0.3) is 0 Å². The first-order chi connectivity index (χ1) is 9.85. The number of aryl methyl sites for hydroxylation is 1. The fourth-order valence-corrected chi connectivity index (χ4v) is 2.44. The van der Waals surface area contributed by atoms with E-state index in [4.69, 9.17) is 5.73 Å². The monoisotopic (exact) mass is 265 g/mol. The number of nitrogens with two attached hydrogens (primary N) is 1. The Morgan fingerprint density at radius 1 is 1.00 bits per heavy atom. The topological polar surface area (TPSA) is 54.7 Å². The van der Waals surface area contributed by atoms with E-state index < -0.39 is 0 Å². The minimum Gasteiger partial charge on any atom is -0.342 e. The number of fused-ring (bicyclic) bond motifs is 1. The number of H-pyrrole nitrogens is 1. The van der Waals surface area contributed by atoms with Crippen LogP contribution in [0, 0.1) is 0 Å². The molecule has 0 aliphatic rings. The molecule has 0 spiro atoms. The van der Waals surface area contributed by atoms with Crippen LogP contribution in [0.1, 0.15) is 23.4 Å². The van der Waals surface area contributed by atoms with Crippen LogP contribution in [0.4, 0.5) is 0 Å². The summed E-state index contributed by atoms with van der Waals surface area (Å²) < 4.78 is 0. The van der Waals surface area contributed by atoms with Gasteiger partial charge in [0, 0.05) is 6.42 Å². The predicted molar refractivity (Wildman–Crippen MR) is 82.7 cm³/mol. The third kappa shape index (κ3) is 2.89. The van der Waals surface area contributed by atoms with E-state index in [1.165, 1.54) is 11.1 Å². The SMILES string of the molecule is NCCCc1ccc2nc(Cc3ccccc3)[nH]c2c1. The first-order valence-corrected chi connectivity index (χ1v) is 7.06. The number of rotatable bonds is 5. The molecule has 2 aromatic carbocycles. The van der Waals surface area contributed by atoms with Crippen molar-refractivity contribution in [1.29, 1.82) is 0 Å². The number of aromatic amines is 1. The molecule has 0 radical (unpaired) electrons. The van der Waals surface area contributed by atoms with Gasteiger partial charge < -0.3 is 10.7 Å². The second kappa shape index (κ2) is 5.88. The molecule has 0 saturated carbocycles. The Balaban J connectivity index is 1.83. The van der Waals surface area contributed by atoms with Gasteiger partial charge in [-0.1, -0.05) is 36.4 Å². The van der Waals surface area contributed by atoms with E-state index in [1.807, 2.05) is 6.07 Å². The van der Waals surface area contributed by atoms with Gasteiger partial charge in [0.15, 0.2) is 0 Å². The highest BCUT2D eigenvalue weighted by atomic mass is 14.9. The lowest BCUT2D eigenvalue weighted by molar-refractivity contribution is 0.833. The van der Waals surface area contributed by atoms with Crippen LogP contribution in [0.2, 0.25) is 0 Å². The summed E-state index contributed by atoms with van der Waals surface area (Å²) in [6.45, 7) is 0.736. The Morgan fingerprint density at radius 2 is 1.85 bits per heavy atom. The average Bonchev–Trinajstić information content (AvgIpc) is 2.87. The molecule has 1 heterocycles. The molecule has 0 aliphatic heterocycles. The van der Waals surface area contributed by atoms with E-state index in [0.29, 0.717) is 0 Å². The lowest BCUT2D eigenvalue weighted by Gasteiger charge is -1.98. The van der Waals surface area contributed by atoms with Gasteiger partial charge in [-0.25, -0.2) is 4.98 Å². The highest BCUT2D eigenvalue weighted by Gasteiger charge is 2.04. The van der Waals surface area contributed by atoms with Crippen molar-refractivity contribution in [3.63, 3.8) is 0 Å². The van der Waals surface area contributed by atoms with Crippen molar-refractivity contribution in [3.05, 3.63) is 65.5 Å². The zero-order valence-corrected chi connectivity index (χ0v) is 11.5. The molecule has 1 aromatic heterocycles. The predicted octanol–water partition coefficient (Wildman–Crippen LogP) is 3.05. The number of hydrogen-bond donors (Lipinski definition) is 2. The molecular weight excluding hydrogens is 246 g/mol. The highest BCUT2D eigenvalue weighted by molar-refractivity contribution is 5.76. The summed E-state index contributed by atoms with van der Waals surface area (Å²) >= 11 is 0. The highest BCUT2D eigenvalue weighted by Crippen LogP contribution is 2.16.